The largest absolute Gasteiger partial charge is 0.0686 e. The molecule has 224 valence electrons. The van der Waals surface area contributed by atoms with Crippen LogP contribution in [0.15, 0.2) is 66.7 Å². The molecule has 6 rings (SSSR count). The van der Waals surface area contributed by atoms with E-state index in [9.17, 15) is 0 Å². The van der Waals surface area contributed by atoms with Crippen molar-refractivity contribution in [3.8, 4) is 0 Å². The molecule has 0 radical (unpaired) electrons. The van der Waals surface area contributed by atoms with Crippen LogP contribution in [0.5, 0.6) is 0 Å². The minimum absolute atomic E-state index is 0.0780. The zero-order chi connectivity index (χ0) is 29.1. The van der Waals surface area contributed by atoms with Gasteiger partial charge in [0, 0.05) is 0 Å². The molecule has 0 amide bonds. The van der Waals surface area contributed by atoms with Crippen LogP contribution in [0.25, 0.3) is 0 Å². The van der Waals surface area contributed by atoms with Crippen LogP contribution in [0.1, 0.15) is 119 Å². The van der Waals surface area contributed by atoms with E-state index in [0.717, 1.165) is 17.2 Å². The fourth-order valence-corrected chi connectivity index (χ4v) is 16.4. The molecule has 0 nitrogen and oxygen atoms in total. The van der Waals surface area contributed by atoms with Gasteiger partial charge in [-0.15, -0.1) is 0 Å². The summed E-state index contributed by atoms with van der Waals surface area (Å²) in [4.78, 5) is 0. The molecule has 0 spiro atoms. The molecule has 0 saturated heterocycles. The van der Waals surface area contributed by atoms with Crippen molar-refractivity contribution >= 4 is 31.8 Å². The van der Waals surface area contributed by atoms with E-state index < -0.39 is 7.92 Å². The predicted octanol–water partition coefficient (Wildman–Crippen LogP) is 10.8. The summed E-state index contributed by atoms with van der Waals surface area (Å²) < 4.78 is 0. The Kier molecular flexibility index (Phi) is 10.2. The minimum atomic E-state index is -0.433. The van der Waals surface area contributed by atoms with Gasteiger partial charge in [-0.3, -0.25) is 0 Å². The molecule has 42 heavy (non-hydrogen) atoms. The molecular weight excluding hydrogens is 542 g/mol. The average molecular weight is 597 g/mol. The number of aryl methyl sites for hydroxylation is 3. The Morgan fingerprint density at radius 1 is 0.571 bits per heavy atom. The van der Waals surface area contributed by atoms with E-state index in [1.54, 1.807) is 16.2 Å². The second kappa shape index (κ2) is 14.1. The lowest BCUT2D eigenvalue weighted by molar-refractivity contribution is 0.477. The van der Waals surface area contributed by atoms with Crippen LogP contribution in [0.3, 0.4) is 0 Å². The highest BCUT2D eigenvalue weighted by molar-refractivity contribution is 7.73. The zero-order valence-corrected chi connectivity index (χ0v) is 28.6. The lowest BCUT2D eigenvalue weighted by atomic mass is 9.87. The monoisotopic (exact) mass is 596 g/mol. The van der Waals surface area contributed by atoms with Crippen molar-refractivity contribution in [2.45, 2.75) is 134 Å². The van der Waals surface area contributed by atoms with Gasteiger partial charge in [-0.05, 0) is 118 Å². The van der Waals surface area contributed by atoms with Crippen molar-refractivity contribution < 1.29 is 0 Å². The summed E-state index contributed by atoms with van der Waals surface area (Å²) in [6, 6.07) is 26.9. The van der Waals surface area contributed by atoms with Gasteiger partial charge in [-0.1, -0.05) is 143 Å². The maximum absolute atomic E-state index is 2.64. The maximum atomic E-state index is 2.64. The molecular formula is C40H54P2. The van der Waals surface area contributed by atoms with E-state index in [1.807, 2.05) is 5.30 Å². The highest BCUT2D eigenvalue weighted by atomic mass is 31.1. The Morgan fingerprint density at radius 2 is 1.19 bits per heavy atom. The minimum Gasteiger partial charge on any atom is -0.0686 e. The Labute approximate surface area is 260 Å². The quantitative estimate of drug-likeness (QED) is 0.227. The van der Waals surface area contributed by atoms with Gasteiger partial charge in [0.1, 0.15) is 0 Å². The smallest absolute Gasteiger partial charge is 0.0121 e. The summed E-state index contributed by atoms with van der Waals surface area (Å²) in [5, 5.41) is 5.01. The molecule has 3 aliphatic carbocycles. The Bertz CT molecular complexity index is 1280. The molecule has 0 heterocycles. The number of hydrogen-bond donors (Lipinski definition) is 0. The third-order valence-electron chi connectivity index (χ3n) is 10.9. The Morgan fingerprint density at radius 3 is 1.83 bits per heavy atom. The zero-order valence-electron chi connectivity index (χ0n) is 26.8. The third-order valence-corrected chi connectivity index (χ3v) is 17.3. The molecule has 0 aliphatic heterocycles. The highest BCUT2D eigenvalue weighted by Gasteiger charge is 2.40. The van der Waals surface area contributed by atoms with Crippen molar-refractivity contribution in [2.75, 3.05) is 0 Å². The van der Waals surface area contributed by atoms with Crippen molar-refractivity contribution in [1.29, 1.82) is 0 Å². The molecule has 4 atom stereocenters. The molecule has 3 aromatic carbocycles. The van der Waals surface area contributed by atoms with Crippen molar-refractivity contribution in [3.05, 3.63) is 89.0 Å². The van der Waals surface area contributed by atoms with E-state index in [1.165, 1.54) is 100 Å². The average Bonchev–Trinajstić information content (AvgIpc) is 3.49. The Balaban J connectivity index is 1.38. The fraction of sp³-hybridized carbons (Fsp3) is 0.550. The van der Waals surface area contributed by atoms with E-state index >= 15 is 0 Å². The normalized spacial score (nSPS) is 23.7. The topological polar surface area (TPSA) is 0 Å². The van der Waals surface area contributed by atoms with Crippen molar-refractivity contribution in [2.24, 2.45) is 5.92 Å². The summed E-state index contributed by atoms with van der Waals surface area (Å²) in [6.07, 6.45) is 19.0. The first-order valence-corrected chi connectivity index (χ1v) is 20.2. The first kappa shape index (κ1) is 30.5. The highest BCUT2D eigenvalue weighted by Crippen LogP contribution is 2.58. The molecule has 3 aromatic rings. The Hall–Kier alpha value is -1.48. The molecule has 3 aliphatic rings. The van der Waals surface area contributed by atoms with Gasteiger partial charge in [-0.25, -0.2) is 0 Å². The second-order valence-electron chi connectivity index (χ2n) is 14.0. The van der Waals surface area contributed by atoms with E-state index in [4.69, 9.17) is 0 Å². The molecule has 0 N–H and O–H groups in total. The molecule has 0 bridgehead atoms. The lowest BCUT2D eigenvalue weighted by Gasteiger charge is -2.41. The number of hydrogen-bond acceptors (Lipinski definition) is 0. The van der Waals surface area contributed by atoms with E-state index in [2.05, 4.69) is 94.4 Å². The van der Waals surface area contributed by atoms with Crippen LogP contribution < -0.4 is 15.9 Å². The summed E-state index contributed by atoms with van der Waals surface area (Å²) in [6.45, 7) is 9.50. The summed E-state index contributed by atoms with van der Waals surface area (Å²) in [5.41, 5.74) is 8.61. The molecule has 0 aromatic heterocycles. The number of benzene rings is 3. The van der Waals surface area contributed by atoms with Crippen LogP contribution >= 0.6 is 15.8 Å². The van der Waals surface area contributed by atoms with Crippen molar-refractivity contribution in [1.82, 2.24) is 0 Å². The van der Waals surface area contributed by atoms with E-state index in [-0.39, 0.29) is 7.92 Å². The van der Waals surface area contributed by atoms with E-state index in [0.29, 0.717) is 11.6 Å². The fourth-order valence-electron chi connectivity index (χ4n) is 9.08. The molecule has 4 unspecified atom stereocenters. The van der Waals surface area contributed by atoms with Gasteiger partial charge < -0.3 is 0 Å². The lowest BCUT2D eigenvalue weighted by Crippen LogP contribution is -2.31. The summed E-state index contributed by atoms with van der Waals surface area (Å²) in [7, 11) is -0.511. The van der Waals surface area contributed by atoms with Crippen LogP contribution in [-0.4, -0.2) is 17.0 Å². The van der Waals surface area contributed by atoms with Gasteiger partial charge in [0.25, 0.3) is 0 Å². The summed E-state index contributed by atoms with van der Waals surface area (Å²) in [5.74, 6) is 1.47. The first-order chi connectivity index (χ1) is 20.5. The van der Waals surface area contributed by atoms with Crippen LogP contribution in [0.4, 0.5) is 0 Å². The second-order valence-corrected chi connectivity index (χ2v) is 19.4. The SMILES string of the molecule is Cc1cccc(P(c2cc(C)cc(C)c2)C(C)C2CCCC2c2ccccc2P(C2CCCCC2)C2CCCCC2)c1. The van der Waals surface area contributed by atoms with Gasteiger partial charge in [-0.2, -0.15) is 0 Å². The third kappa shape index (κ3) is 6.77. The predicted molar refractivity (Wildman–Crippen MR) is 190 cm³/mol. The molecule has 2 heteroatoms. The van der Waals surface area contributed by atoms with Gasteiger partial charge >= 0.3 is 0 Å². The number of rotatable bonds is 8. The van der Waals surface area contributed by atoms with Crippen LogP contribution in [-0.2, 0) is 0 Å². The summed E-state index contributed by atoms with van der Waals surface area (Å²) >= 11 is 0. The van der Waals surface area contributed by atoms with Gasteiger partial charge in [0.2, 0.25) is 0 Å². The first-order valence-electron chi connectivity index (χ1n) is 17.3. The molecule has 3 fully saturated rings. The van der Waals surface area contributed by atoms with Crippen LogP contribution in [0.2, 0.25) is 0 Å². The van der Waals surface area contributed by atoms with Gasteiger partial charge in [0.15, 0.2) is 0 Å². The maximum Gasteiger partial charge on any atom is -0.0121 e. The molecule has 3 saturated carbocycles. The van der Waals surface area contributed by atoms with Crippen LogP contribution in [0, 0.1) is 26.7 Å². The van der Waals surface area contributed by atoms with Gasteiger partial charge in [0.05, 0.1) is 0 Å². The van der Waals surface area contributed by atoms with Crippen molar-refractivity contribution in [3.63, 3.8) is 0 Å². The standard InChI is InChI=1S/C40H54P2/c1-29-15-13-20-35(26-29)41(36-27-30(2)25-31(3)28-36)32(4)37-22-14-23-38(37)39-21-11-12-24-40(39)42(33-16-7-5-8-17-33)34-18-9-6-10-19-34/h11-13,15,20-21,24-28,32-34,37-38H,5-10,14,16-19,22-23H2,1-4H3.